The summed E-state index contributed by atoms with van der Waals surface area (Å²) in [4.78, 5) is 20.5. The number of fused-ring (bicyclic) bond motifs is 1. The van der Waals surface area contributed by atoms with E-state index in [1.54, 1.807) is 12.4 Å². The van der Waals surface area contributed by atoms with Crippen LogP contribution in [0.1, 0.15) is 5.82 Å². The minimum absolute atomic E-state index is 0.0996. The van der Waals surface area contributed by atoms with Crippen LogP contribution in [-0.2, 0) is 18.3 Å². The summed E-state index contributed by atoms with van der Waals surface area (Å²) in [6.07, 6.45) is 5.47. The molecule has 0 atom stereocenters. The summed E-state index contributed by atoms with van der Waals surface area (Å²) in [5.74, 6) is 0.633. The lowest BCUT2D eigenvalue weighted by Gasteiger charge is -2.08. The zero-order valence-corrected chi connectivity index (χ0v) is 11.1. The molecule has 0 spiro atoms. The number of para-hydroxylation sites is 1. The second kappa shape index (κ2) is 5.13. The van der Waals surface area contributed by atoms with Gasteiger partial charge in [-0.25, -0.2) is 4.98 Å². The molecule has 100 valence electrons. The van der Waals surface area contributed by atoms with E-state index in [9.17, 15) is 4.79 Å². The number of carbonyl (C=O) groups is 1. The van der Waals surface area contributed by atoms with Crippen LogP contribution in [0.2, 0.25) is 0 Å². The lowest BCUT2D eigenvalue weighted by molar-refractivity contribution is -0.115. The van der Waals surface area contributed by atoms with Gasteiger partial charge in [0.1, 0.15) is 5.82 Å². The van der Waals surface area contributed by atoms with Crippen molar-refractivity contribution in [1.29, 1.82) is 0 Å². The number of anilines is 1. The maximum Gasteiger partial charge on any atom is 0.232 e. The second-order valence-electron chi connectivity index (χ2n) is 4.56. The van der Waals surface area contributed by atoms with E-state index >= 15 is 0 Å². The van der Waals surface area contributed by atoms with Crippen molar-refractivity contribution in [2.75, 3.05) is 5.32 Å². The molecule has 0 fully saturated rings. The van der Waals surface area contributed by atoms with E-state index in [0.717, 1.165) is 22.4 Å². The smallest absolute Gasteiger partial charge is 0.232 e. The summed E-state index contributed by atoms with van der Waals surface area (Å²) in [6.45, 7) is 0. The van der Waals surface area contributed by atoms with Crippen molar-refractivity contribution in [3.05, 3.63) is 54.7 Å². The Morgan fingerprint density at radius 1 is 1.20 bits per heavy atom. The fraction of sp³-hybridized carbons (Fsp3) is 0.133. The molecule has 0 saturated carbocycles. The van der Waals surface area contributed by atoms with E-state index in [-0.39, 0.29) is 12.3 Å². The van der Waals surface area contributed by atoms with E-state index in [0.29, 0.717) is 0 Å². The summed E-state index contributed by atoms with van der Waals surface area (Å²) in [5, 5.41) is 3.90. The van der Waals surface area contributed by atoms with Gasteiger partial charge in [-0.15, -0.1) is 0 Å². The number of hydrogen-bond acceptors (Lipinski definition) is 3. The van der Waals surface area contributed by atoms with Crippen LogP contribution < -0.4 is 5.32 Å². The van der Waals surface area contributed by atoms with Crippen LogP contribution >= 0.6 is 0 Å². The quantitative estimate of drug-likeness (QED) is 0.790. The van der Waals surface area contributed by atoms with Crippen molar-refractivity contribution in [2.24, 2.45) is 7.05 Å². The first-order valence-corrected chi connectivity index (χ1v) is 6.34. The number of amides is 1. The summed E-state index contributed by atoms with van der Waals surface area (Å²) < 4.78 is 1.83. The van der Waals surface area contributed by atoms with Gasteiger partial charge < -0.3 is 9.88 Å². The molecule has 0 aliphatic carbocycles. The molecule has 2 heterocycles. The highest BCUT2D eigenvalue weighted by Crippen LogP contribution is 2.20. The molecule has 0 bridgehead atoms. The molecule has 1 N–H and O–H groups in total. The Kier molecular flexibility index (Phi) is 3.16. The lowest BCUT2D eigenvalue weighted by Crippen LogP contribution is -2.17. The largest absolute Gasteiger partial charge is 0.338 e. The third kappa shape index (κ3) is 2.38. The predicted molar refractivity (Wildman–Crippen MR) is 77.3 cm³/mol. The summed E-state index contributed by atoms with van der Waals surface area (Å²) in [7, 11) is 1.87. The Labute approximate surface area is 116 Å². The van der Waals surface area contributed by atoms with Crippen molar-refractivity contribution >= 4 is 22.5 Å². The van der Waals surface area contributed by atoms with Gasteiger partial charge in [0.2, 0.25) is 5.91 Å². The van der Waals surface area contributed by atoms with E-state index in [4.69, 9.17) is 0 Å². The number of nitrogens with one attached hydrogen (secondary N) is 1. The molecule has 0 aliphatic heterocycles. The molecule has 2 aromatic heterocycles. The fourth-order valence-corrected chi connectivity index (χ4v) is 2.11. The van der Waals surface area contributed by atoms with Crippen molar-refractivity contribution < 1.29 is 4.79 Å². The van der Waals surface area contributed by atoms with Crippen LogP contribution in [-0.4, -0.2) is 20.4 Å². The van der Waals surface area contributed by atoms with Gasteiger partial charge in [0, 0.05) is 31.0 Å². The third-order valence-corrected chi connectivity index (χ3v) is 3.15. The highest BCUT2D eigenvalue weighted by Gasteiger charge is 2.09. The van der Waals surface area contributed by atoms with E-state index in [1.165, 1.54) is 0 Å². The number of pyridine rings is 1. The normalized spacial score (nSPS) is 10.7. The number of rotatable bonds is 3. The van der Waals surface area contributed by atoms with Gasteiger partial charge in [0.25, 0.3) is 0 Å². The average Bonchev–Trinajstić information content (AvgIpc) is 2.85. The molecule has 0 aliphatic rings. The molecule has 5 heteroatoms. The van der Waals surface area contributed by atoms with Crippen LogP contribution in [0.25, 0.3) is 10.9 Å². The number of hydrogen-bond donors (Lipinski definition) is 1. The monoisotopic (exact) mass is 266 g/mol. The molecule has 3 rings (SSSR count). The average molecular weight is 266 g/mol. The predicted octanol–water partition coefficient (Wildman–Crippen LogP) is 2.15. The highest BCUT2D eigenvalue weighted by atomic mass is 16.1. The first kappa shape index (κ1) is 12.3. The Balaban J connectivity index is 1.83. The zero-order valence-electron chi connectivity index (χ0n) is 11.1. The van der Waals surface area contributed by atoms with Gasteiger partial charge in [-0.3, -0.25) is 9.78 Å². The van der Waals surface area contributed by atoms with Gasteiger partial charge in [-0.1, -0.05) is 18.2 Å². The molecule has 0 unspecified atom stereocenters. The molecule has 20 heavy (non-hydrogen) atoms. The minimum Gasteiger partial charge on any atom is -0.338 e. The molecule has 5 nitrogen and oxygen atoms in total. The first-order chi connectivity index (χ1) is 9.74. The van der Waals surface area contributed by atoms with Crippen LogP contribution in [0.4, 0.5) is 5.69 Å². The van der Waals surface area contributed by atoms with Crippen LogP contribution in [0.15, 0.2) is 48.9 Å². The summed E-state index contributed by atoms with van der Waals surface area (Å²) in [5.41, 5.74) is 1.52. The van der Waals surface area contributed by atoms with Crippen molar-refractivity contribution in [2.45, 2.75) is 6.42 Å². The van der Waals surface area contributed by atoms with Crippen LogP contribution in [0, 0.1) is 0 Å². The van der Waals surface area contributed by atoms with Gasteiger partial charge in [-0.05, 0) is 12.1 Å². The van der Waals surface area contributed by atoms with E-state index < -0.39 is 0 Å². The van der Waals surface area contributed by atoms with Gasteiger partial charge in [0.15, 0.2) is 0 Å². The number of aromatic nitrogens is 3. The number of aryl methyl sites for hydroxylation is 1. The number of nitrogens with zero attached hydrogens (tertiary/aromatic N) is 3. The standard InChI is InChI=1S/C15H14N4O/c1-19-9-8-16-13(19)10-14(20)18-12-6-2-4-11-5-3-7-17-15(11)12/h2-9H,10H2,1H3,(H,18,20). The third-order valence-electron chi connectivity index (χ3n) is 3.15. The minimum atomic E-state index is -0.0996. The topological polar surface area (TPSA) is 59.8 Å². The molecule has 0 radical (unpaired) electrons. The van der Waals surface area contributed by atoms with Gasteiger partial charge in [0.05, 0.1) is 17.6 Å². The molecule has 1 aromatic carbocycles. The molecule has 3 aromatic rings. The van der Waals surface area contributed by atoms with Crippen LogP contribution in [0.5, 0.6) is 0 Å². The van der Waals surface area contributed by atoms with E-state index in [2.05, 4.69) is 15.3 Å². The Hall–Kier alpha value is -2.69. The number of benzene rings is 1. The number of carbonyl (C=O) groups excluding carboxylic acids is 1. The van der Waals surface area contributed by atoms with Crippen LogP contribution in [0.3, 0.4) is 0 Å². The van der Waals surface area contributed by atoms with E-state index in [1.807, 2.05) is 48.1 Å². The van der Waals surface area contributed by atoms with Gasteiger partial charge in [-0.2, -0.15) is 0 Å². The second-order valence-corrected chi connectivity index (χ2v) is 4.56. The molecular weight excluding hydrogens is 252 g/mol. The Morgan fingerprint density at radius 2 is 2.05 bits per heavy atom. The molecular formula is C15H14N4O. The molecule has 1 amide bonds. The van der Waals surface area contributed by atoms with Gasteiger partial charge >= 0.3 is 0 Å². The zero-order chi connectivity index (χ0) is 13.9. The number of imidazole rings is 1. The summed E-state index contributed by atoms with van der Waals surface area (Å²) >= 11 is 0. The lowest BCUT2D eigenvalue weighted by atomic mass is 10.2. The summed E-state index contributed by atoms with van der Waals surface area (Å²) in [6, 6.07) is 9.57. The first-order valence-electron chi connectivity index (χ1n) is 6.34. The van der Waals surface area contributed by atoms with Crippen molar-refractivity contribution in [3.8, 4) is 0 Å². The SMILES string of the molecule is Cn1ccnc1CC(=O)Nc1cccc2cccnc12. The maximum absolute atomic E-state index is 12.1. The van der Waals surface area contributed by atoms with Crippen molar-refractivity contribution in [3.63, 3.8) is 0 Å². The molecule has 0 saturated heterocycles. The Bertz CT molecular complexity index is 758. The maximum atomic E-state index is 12.1. The Morgan fingerprint density at radius 3 is 2.85 bits per heavy atom. The fourth-order valence-electron chi connectivity index (χ4n) is 2.11. The highest BCUT2D eigenvalue weighted by molar-refractivity contribution is 6.00. The van der Waals surface area contributed by atoms with Crippen molar-refractivity contribution in [1.82, 2.24) is 14.5 Å².